The summed E-state index contributed by atoms with van der Waals surface area (Å²) in [5.74, 6) is -0.895. The first-order valence-corrected chi connectivity index (χ1v) is 36.7. The number of carbonyl (C=O) groups excluding carboxylic acids is 3. The monoisotopic (exact) mass is 1160 g/mol. The Morgan fingerprint density at radius 2 is 0.850 bits per heavy atom. The molecule has 14 heteroatoms. The molecule has 0 spiro atoms. The molecule has 1 N–H and O–H groups in total. The number of unbranched alkanes of at least 4 members (excludes halogenated alkanes) is 30. The van der Waals surface area contributed by atoms with Gasteiger partial charge in [0.05, 0.1) is 6.61 Å². The van der Waals surface area contributed by atoms with Gasteiger partial charge < -0.3 is 33.0 Å². The second-order valence-corrected chi connectivity index (χ2v) is 30.6. The maximum Gasteiger partial charge on any atom is 0.588 e. The van der Waals surface area contributed by atoms with Crippen molar-refractivity contribution in [1.82, 2.24) is 5.32 Å². The zero-order chi connectivity index (χ0) is 58.2. The summed E-state index contributed by atoms with van der Waals surface area (Å²) in [6.07, 6.45) is 32.4. The van der Waals surface area contributed by atoms with Crippen LogP contribution in [0.3, 0.4) is 0 Å². The number of carbonyl (C=O) groups is 3. The van der Waals surface area contributed by atoms with Crippen molar-refractivity contribution in [2.75, 3.05) is 6.61 Å². The highest BCUT2D eigenvalue weighted by atomic mass is 31.2. The number of rotatable bonds is 48. The number of benzene rings is 2. The van der Waals surface area contributed by atoms with Crippen LogP contribution in [0, 0.1) is 0 Å². The summed E-state index contributed by atoms with van der Waals surface area (Å²) in [7, 11) is -7.24. The normalized spacial score (nSPS) is 17.7. The topological polar surface area (TPSA) is 145 Å². The van der Waals surface area contributed by atoms with Crippen LogP contribution < -0.4 is 14.4 Å². The number of phosphoric ester groups is 1. The van der Waals surface area contributed by atoms with Gasteiger partial charge in [-0.25, -0.2) is 4.57 Å². The Morgan fingerprint density at radius 3 is 1.23 bits per heavy atom. The molecule has 0 bridgehead atoms. The number of hydrogen-bond donors (Lipinski definition) is 1. The lowest BCUT2D eigenvalue weighted by Gasteiger charge is -2.46. The zero-order valence-electron chi connectivity index (χ0n) is 51.8. The van der Waals surface area contributed by atoms with E-state index < -0.39 is 58.7 Å². The Hall–Kier alpha value is -3.22. The lowest BCUT2D eigenvalue weighted by molar-refractivity contribution is -0.263. The molecule has 0 unspecified atom stereocenters. The summed E-state index contributed by atoms with van der Waals surface area (Å²) in [5.41, 5.74) is 0. The van der Waals surface area contributed by atoms with Crippen molar-refractivity contribution >= 4 is 34.0 Å². The summed E-state index contributed by atoms with van der Waals surface area (Å²) in [6, 6.07) is 15.9. The number of amides is 1. The predicted octanol–water partition coefficient (Wildman–Crippen LogP) is 19.4. The van der Waals surface area contributed by atoms with E-state index >= 15 is 4.57 Å². The van der Waals surface area contributed by atoms with E-state index in [0.29, 0.717) is 19.3 Å². The molecule has 2 aromatic rings. The summed E-state index contributed by atoms with van der Waals surface area (Å²) in [6.45, 7) is 17.2. The van der Waals surface area contributed by atoms with Gasteiger partial charge in [-0.3, -0.25) is 18.9 Å². The molecule has 3 rings (SSSR count). The van der Waals surface area contributed by atoms with Crippen molar-refractivity contribution in [2.24, 2.45) is 0 Å². The Kier molecular flexibility index (Phi) is 37.8. The van der Waals surface area contributed by atoms with E-state index in [2.05, 4.69) is 60.0 Å². The molecule has 2 aromatic carbocycles. The van der Waals surface area contributed by atoms with Crippen LogP contribution in [-0.2, 0) is 42.1 Å². The molecule has 1 saturated heterocycles. The molecule has 1 heterocycles. The highest BCUT2D eigenvalue weighted by molar-refractivity contribution is 7.49. The number of para-hydroxylation sites is 2. The quantitative estimate of drug-likeness (QED) is 0.0292. The zero-order valence-corrected chi connectivity index (χ0v) is 53.7. The van der Waals surface area contributed by atoms with E-state index in [1.165, 1.54) is 135 Å². The van der Waals surface area contributed by atoms with Gasteiger partial charge in [0.25, 0.3) is 0 Å². The number of hydrogen-bond acceptors (Lipinski definition) is 11. The maximum atomic E-state index is 15.5. The Morgan fingerprint density at radius 1 is 0.500 bits per heavy atom. The molecule has 0 saturated carbocycles. The standard InChI is InChI=1S/C66H114NO11PSi/c1-9-12-15-18-21-24-27-30-33-36-45-52-59(68)67-62-64(74-60(69)53-46-37-34-31-28-25-22-19-16-13-10-2)63(78-79(71,76-56-48-41-39-42-49-56)77-57-50-43-40-44-51-57)58(55-72-80(7,8)66(4,5)6)73-65(62)75-61(70)54-47-38-35-32-29-26-23-20-17-14-11-3/h39-44,48-51,58,62-65H,9-38,45-47,52-55H2,1-8H3,(H,67,68)/t58-,62-,63-,64-,65-/m1/s1. The first-order chi connectivity index (χ1) is 38.6. The van der Waals surface area contributed by atoms with Crippen LogP contribution in [0.25, 0.3) is 0 Å². The third-order valence-corrected chi connectivity index (χ3v) is 21.9. The SMILES string of the molecule is CCCCCCCCCCCCCC(=O)N[C@H]1[C@@H](OC(=O)CCCCCCCCCCCCC)O[C@H](CO[Si](C)(C)C(C)(C)C)[C@@H](OP(=O)(Oc2ccccc2)Oc2ccccc2)[C@@H]1OC(=O)CCCCCCCCCCCCC. The fourth-order valence-corrected chi connectivity index (χ4v) is 12.4. The highest BCUT2D eigenvalue weighted by Gasteiger charge is 2.55. The number of phosphoric acid groups is 1. The first-order valence-electron chi connectivity index (χ1n) is 32.4. The maximum absolute atomic E-state index is 15.5. The van der Waals surface area contributed by atoms with Crippen molar-refractivity contribution in [3.8, 4) is 11.5 Å². The van der Waals surface area contributed by atoms with Gasteiger partial charge in [0.15, 0.2) is 14.4 Å². The molecule has 0 radical (unpaired) electrons. The van der Waals surface area contributed by atoms with Gasteiger partial charge >= 0.3 is 19.8 Å². The van der Waals surface area contributed by atoms with Crippen LogP contribution in [0.4, 0.5) is 0 Å². The molecule has 1 aliphatic rings. The van der Waals surface area contributed by atoms with E-state index in [1.54, 1.807) is 48.5 Å². The Labute approximate surface area is 488 Å². The number of nitrogens with one attached hydrogen (secondary N) is 1. The number of esters is 2. The molecular formula is C66H114NO11PSi. The fourth-order valence-electron chi connectivity index (χ4n) is 9.97. The minimum absolute atomic E-state index is 0.101. The molecule has 1 fully saturated rings. The van der Waals surface area contributed by atoms with Gasteiger partial charge in [-0.05, 0) is 61.7 Å². The molecule has 1 amide bonds. The van der Waals surface area contributed by atoms with Crippen molar-refractivity contribution < 1.29 is 51.2 Å². The van der Waals surface area contributed by atoms with Crippen LogP contribution in [0.1, 0.15) is 273 Å². The highest BCUT2D eigenvalue weighted by Crippen LogP contribution is 2.53. The molecule has 5 atom stereocenters. The largest absolute Gasteiger partial charge is 0.588 e. The fraction of sp³-hybridized carbons (Fsp3) is 0.773. The third-order valence-electron chi connectivity index (χ3n) is 16.1. The summed E-state index contributed by atoms with van der Waals surface area (Å²) >= 11 is 0. The van der Waals surface area contributed by atoms with Gasteiger partial charge in [0.1, 0.15) is 29.7 Å². The smallest absolute Gasteiger partial charge is 0.457 e. The Bertz CT molecular complexity index is 1890. The molecule has 12 nitrogen and oxygen atoms in total. The van der Waals surface area contributed by atoms with Crippen LogP contribution in [-0.4, -0.2) is 63.4 Å². The lowest BCUT2D eigenvalue weighted by atomic mass is 9.96. The van der Waals surface area contributed by atoms with Crippen molar-refractivity contribution in [3.05, 3.63) is 60.7 Å². The van der Waals surface area contributed by atoms with Crippen molar-refractivity contribution in [1.29, 1.82) is 0 Å². The summed E-state index contributed by atoms with van der Waals surface area (Å²) in [4.78, 5) is 42.8. The molecule has 458 valence electrons. The van der Waals surface area contributed by atoms with Gasteiger partial charge in [0, 0.05) is 19.3 Å². The molecule has 0 aliphatic carbocycles. The van der Waals surface area contributed by atoms with Gasteiger partial charge in [0.2, 0.25) is 12.2 Å². The van der Waals surface area contributed by atoms with Crippen molar-refractivity contribution in [3.63, 3.8) is 0 Å². The van der Waals surface area contributed by atoms with Crippen LogP contribution in [0.15, 0.2) is 60.7 Å². The van der Waals surface area contributed by atoms with E-state index in [1.807, 2.05) is 12.1 Å². The van der Waals surface area contributed by atoms with Crippen LogP contribution in [0.5, 0.6) is 11.5 Å². The molecule has 1 aliphatic heterocycles. The Balaban J connectivity index is 1.99. The third kappa shape index (κ3) is 31.4. The van der Waals surface area contributed by atoms with Gasteiger partial charge in [-0.1, -0.05) is 271 Å². The second-order valence-electron chi connectivity index (χ2n) is 24.3. The van der Waals surface area contributed by atoms with Gasteiger partial charge in [-0.15, -0.1) is 0 Å². The van der Waals surface area contributed by atoms with E-state index in [0.717, 1.165) is 57.8 Å². The van der Waals surface area contributed by atoms with E-state index in [9.17, 15) is 14.4 Å². The predicted molar refractivity (Wildman–Crippen MR) is 330 cm³/mol. The lowest BCUT2D eigenvalue weighted by Crippen LogP contribution is -2.67. The van der Waals surface area contributed by atoms with Crippen LogP contribution in [0.2, 0.25) is 18.1 Å². The number of ether oxygens (including phenoxy) is 3. The summed E-state index contributed by atoms with van der Waals surface area (Å²) in [5, 5.41) is 2.90. The second kappa shape index (κ2) is 42.6. The van der Waals surface area contributed by atoms with E-state index in [4.69, 9.17) is 32.2 Å². The first kappa shape index (κ1) is 71.0. The average molecular weight is 1160 g/mol. The van der Waals surface area contributed by atoms with E-state index in [-0.39, 0.29) is 48.3 Å². The minimum Gasteiger partial charge on any atom is -0.457 e. The van der Waals surface area contributed by atoms with Crippen molar-refractivity contribution in [2.45, 2.75) is 321 Å². The molecule has 80 heavy (non-hydrogen) atoms. The summed E-state index contributed by atoms with van der Waals surface area (Å²) < 4.78 is 61.1. The van der Waals surface area contributed by atoms with Gasteiger partial charge in [-0.2, -0.15) is 0 Å². The minimum atomic E-state index is -4.72. The average Bonchev–Trinajstić information content (AvgIpc) is 3.56. The molecular weight excluding hydrogens is 1040 g/mol. The van der Waals surface area contributed by atoms with Crippen LogP contribution >= 0.6 is 7.82 Å². The molecule has 0 aromatic heterocycles.